The van der Waals surface area contributed by atoms with E-state index in [1.54, 1.807) is 42.2 Å². The van der Waals surface area contributed by atoms with Crippen molar-refractivity contribution in [2.75, 3.05) is 48.3 Å². The van der Waals surface area contributed by atoms with Crippen LogP contribution >= 0.6 is 0 Å². The summed E-state index contributed by atoms with van der Waals surface area (Å²) in [5, 5.41) is 33.7. The number of amides is 3. The second-order valence-corrected chi connectivity index (χ2v) is 11.9. The Bertz CT molecular complexity index is 1330. The van der Waals surface area contributed by atoms with Gasteiger partial charge in [0, 0.05) is 42.6 Å². The first-order chi connectivity index (χ1) is 20.8. The van der Waals surface area contributed by atoms with Crippen LogP contribution in [-0.4, -0.2) is 60.7 Å². The zero-order chi connectivity index (χ0) is 30.4. The molecule has 4 atom stereocenters. The molecule has 10 heteroatoms. The van der Waals surface area contributed by atoms with Gasteiger partial charge in [-0.05, 0) is 81.1 Å². The molecule has 5 rings (SSSR count). The second-order valence-electron chi connectivity index (χ2n) is 11.9. The van der Waals surface area contributed by atoms with E-state index in [9.17, 15) is 24.6 Å². The first-order valence-corrected chi connectivity index (χ1v) is 15.4. The molecule has 0 spiro atoms. The molecule has 0 bridgehead atoms. The number of hydrogen-bond donors (Lipinski definition) is 6. The minimum atomic E-state index is -1.85. The summed E-state index contributed by atoms with van der Waals surface area (Å²) in [7, 11) is 0. The average Bonchev–Trinajstić information content (AvgIpc) is 3.25. The van der Waals surface area contributed by atoms with Crippen LogP contribution in [0.5, 0.6) is 0 Å². The number of benzene rings is 2. The van der Waals surface area contributed by atoms with Gasteiger partial charge >= 0.3 is 0 Å². The number of hydrogen-bond acceptors (Lipinski definition) is 7. The van der Waals surface area contributed by atoms with Gasteiger partial charge in [0.05, 0.1) is 24.1 Å². The zero-order valence-corrected chi connectivity index (χ0v) is 24.8. The molecular formula is C33H43N5O5. The van der Waals surface area contributed by atoms with Crippen molar-refractivity contribution in [1.82, 2.24) is 10.6 Å². The van der Waals surface area contributed by atoms with Crippen molar-refractivity contribution in [3.8, 4) is 0 Å². The fourth-order valence-corrected chi connectivity index (χ4v) is 6.21. The highest BCUT2D eigenvalue weighted by Gasteiger charge is 2.52. The van der Waals surface area contributed by atoms with Crippen LogP contribution in [0.15, 0.2) is 54.6 Å². The number of carbonyl (C=O) groups excluding carboxylic acids is 3. The van der Waals surface area contributed by atoms with Gasteiger partial charge in [-0.2, -0.15) is 0 Å². The van der Waals surface area contributed by atoms with Crippen LogP contribution in [0.4, 0.5) is 17.1 Å². The Balaban J connectivity index is 1.36. The van der Waals surface area contributed by atoms with E-state index >= 15 is 0 Å². The largest absolute Gasteiger partial charge is 0.396 e. The molecule has 2 fully saturated rings. The van der Waals surface area contributed by atoms with E-state index in [2.05, 4.69) is 21.3 Å². The van der Waals surface area contributed by atoms with Crippen LogP contribution in [0.25, 0.3) is 0 Å². The molecule has 0 aromatic heterocycles. The Labute approximate surface area is 252 Å². The smallest absolute Gasteiger partial charge is 0.264 e. The standard InChI is InChI=1S/C33H43N5O5/c1-22(6-2-3-17-39)33(43)28-18-27(37-31(41)25-8-5-16-35-20-25)13-14-29(28)38(32(33)42)21-23-9-11-26(12-10-23)36-30(40)24-7-4-15-34-19-24/h2,6,9-14,18,22,24-25,34-35,39,43H,3-5,7-8,15-17,19-21H2,1H3,(H,36,40)(H,37,41)/b6-2+/t22-,24?,25?,33+/m0/s1. The van der Waals surface area contributed by atoms with Crippen molar-refractivity contribution in [2.24, 2.45) is 17.8 Å². The van der Waals surface area contributed by atoms with Crippen LogP contribution in [0, 0.1) is 17.8 Å². The SMILES string of the molecule is C[C@@H](/C=C/CCO)[C@]1(O)C(=O)N(Cc2ccc(NC(=O)C3CCCNC3)cc2)c2ccc(NC(=O)C3CCCNC3)cc21. The molecule has 43 heavy (non-hydrogen) atoms. The third-order valence-electron chi connectivity index (χ3n) is 8.81. The molecule has 2 saturated heterocycles. The maximum Gasteiger partial charge on any atom is 0.264 e. The first-order valence-electron chi connectivity index (χ1n) is 15.4. The Morgan fingerprint density at radius 1 is 1.00 bits per heavy atom. The lowest BCUT2D eigenvalue weighted by Gasteiger charge is -2.28. The van der Waals surface area contributed by atoms with Crippen LogP contribution in [0.3, 0.4) is 0 Å². The normalized spacial score (nSPS) is 24.5. The van der Waals surface area contributed by atoms with Gasteiger partial charge in [-0.1, -0.05) is 31.2 Å². The van der Waals surface area contributed by atoms with Crippen molar-refractivity contribution in [2.45, 2.75) is 51.2 Å². The molecule has 10 nitrogen and oxygen atoms in total. The summed E-state index contributed by atoms with van der Waals surface area (Å²) >= 11 is 0. The maximum atomic E-state index is 14.0. The Morgan fingerprint density at radius 3 is 2.19 bits per heavy atom. The number of piperidine rings is 2. The average molecular weight is 590 g/mol. The van der Waals surface area contributed by atoms with E-state index < -0.39 is 17.4 Å². The number of aliphatic hydroxyl groups excluding tert-OH is 1. The summed E-state index contributed by atoms with van der Waals surface area (Å²) in [5.74, 6) is -1.31. The molecule has 2 aromatic rings. The van der Waals surface area contributed by atoms with Crippen LogP contribution < -0.4 is 26.2 Å². The van der Waals surface area contributed by atoms with E-state index in [4.69, 9.17) is 0 Å². The minimum absolute atomic E-state index is 0.000419. The van der Waals surface area contributed by atoms with Gasteiger partial charge in [-0.3, -0.25) is 14.4 Å². The quantitative estimate of drug-likeness (QED) is 0.234. The van der Waals surface area contributed by atoms with Gasteiger partial charge < -0.3 is 36.4 Å². The number of nitrogens with zero attached hydrogens (tertiary/aromatic N) is 1. The van der Waals surface area contributed by atoms with Crippen LogP contribution in [-0.2, 0) is 26.5 Å². The lowest BCUT2D eigenvalue weighted by atomic mass is 9.82. The number of rotatable bonds is 10. The molecule has 3 heterocycles. The first kappa shape index (κ1) is 30.9. The van der Waals surface area contributed by atoms with Gasteiger partial charge in [0.25, 0.3) is 5.91 Å². The van der Waals surface area contributed by atoms with E-state index in [1.165, 1.54) is 0 Å². The fourth-order valence-electron chi connectivity index (χ4n) is 6.21. The topological polar surface area (TPSA) is 143 Å². The second kappa shape index (κ2) is 13.8. The maximum absolute atomic E-state index is 14.0. The number of aliphatic hydroxyl groups is 2. The number of anilines is 3. The molecule has 6 N–H and O–H groups in total. The zero-order valence-electron chi connectivity index (χ0n) is 24.8. The fraction of sp³-hybridized carbons (Fsp3) is 0.485. The minimum Gasteiger partial charge on any atom is -0.396 e. The van der Waals surface area contributed by atoms with E-state index in [0.717, 1.165) is 44.3 Å². The molecule has 230 valence electrons. The molecule has 0 aliphatic carbocycles. The van der Waals surface area contributed by atoms with Crippen LogP contribution in [0.1, 0.15) is 50.2 Å². The van der Waals surface area contributed by atoms with E-state index in [0.29, 0.717) is 42.1 Å². The lowest BCUT2D eigenvalue weighted by Crippen LogP contribution is -2.44. The Hall–Kier alpha value is -3.57. The predicted molar refractivity (Wildman–Crippen MR) is 166 cm³/mol. The van der Waals surface area contributed by atoms with Gasteiger partial charge in [0.15, 0.2) is 5.60 Å². The number of fused-ring (bicyclic) bond motifs is 1. The van der Waals surface area contributed by atoms with Crippen molar-refractivity contribution in [3.05, 3.63) is 65.7 Å². The number of carbonyl (C=O) groups is 3. The third kappa shape index (κ3) is 6.83. The van der Waals surface area contributed by atoms with Crippen molar-refractivity contribution in [1.29, 1.82) is 0 Å². The highest BCUT2D eigenvalue weighted by molar-refractivity contribution is 6.08. The summed E-state index contributed by atoms with van der Waals surface area (Å²) in [4.78, 5) is 41.1. The lowest BCUT2D eigenvalue weighted by molar-refractivity contribution is -0.139. The monoisotopic (exact) mass is 589 g/mol. The molecular weight excluding hydrogens is 546 g/mol. The molecule has 3 aliphatic rings. The Morgan fingerprint density at radius 2 is 1.60 bits per heavy atom. The highest BCUT2D eigenvalue weighted by atomic mass is 16.3. The summed E-state index contributed by atoms with van der Waals surface area (Å²) in [6.07, 6.45) is 7.53. The van der Waals surface area contributed by atoms with Crippen molar-refractivity contribution >= 4 is 34.8 Å². The van der Waals surface area contributed by atoms with Gasteiger partial charge in [-0.15, -0.1) is 0 Å². The molecule has 3 amide bonds. The van der Waals surface area contributed by atoms with Gasteiger partial charge in [0.2, 0.25) is 11.8 Å². The third-order valence-corrected chi connectivity index (χ3v) is 8.81. The van der Waals surface area contributed by atoms with Gasteiger partial charge in [0.1, 0.15) is 0 Å². The molecule has 0 radical (unpaired) electrons. The highest BCUT2D eigenvalue weighted by Crippen LogP contribution is 2.47. The molecule has 0 saturated carbocycles. The Kier molecular flexibility index (Phi) is 9.92. The molecule has 2 unspecified atom stereocenters. The van der Waals surface area contributed by atoms with E-state index in [-0.39, 0.29) is 36.8 Å². The number of nitrogens with one attached hydrogen (secondary N) is 4. The summed E-state index contributed by atoms with van der Waals surface area (Å²) in [5.41, 5.74) is 1.22. The molecule has 3 aliphatic heterocycles. The van der Waals surface area contributed by atoms with Crippen molar-refractivity contribution in [3.63, 3.8) is 0 Å². The summed E-state index contributed by atoms with van der Waals surface area (Å²) in [6, 6.07) is 12.6. The summed E-state index contributed by atoms with van der Waals surface area (Å²) in [6.45, 7) is 5.12. The molecule has 2 aromatic carbocycles. The predicted octanol–water partition coefficient (Wildman–Crippen LogP) is 2.87. The summed E-state index contributed by atoms with van der Waals surface area (Å²) < 4.78 is 0. The van der Waals surface area contributed by atoms with Crippen molar-refractivity contribution < 1.29 is 24.6 Å². The van der Waals surface area contributed by atoms with Gasteiger partial charge in [-0.25, -0.2) is 0 Å². The van der Waals surface area contributed by atoms with Crippen LogP contribution in [0.2, 0.25) is 0 Å². The van der Waals surface area contributed by atoms with E-state index in [1.807, 2.05) is 24.3 Å².